The molecule has 0 radical (unpaired) electrons. The summed E-state index contributed by atoms with van der Waals surface area (Å²) in [5.74, 6) is -0.208. The standard InChI is InChI=1S/C21H27N3O6/c1-3-17(25)14-5-6-18-16(11-14)24(20(27)13-30-18)12-19(26)22-15-7-9-23(10-8-15)21(28)29-4-2/h5-6,11,15H,3-4,7-10,12-13H2,1-2H3,(H,22,26). The Morgan fingerprint density at radius 1 is 1.20 bits per heavy atom. The minimum absolute atomic E-state index is 0.0476. The number of likely N-dealkylation sites (tertiary alicyclic amines) is 1. The van der Waals surface area contributed by atoms with Gasteiger partial charge in [0.15, 0.2) is 12.4 Å². The summed E-state index contributed by atoms with van der Waals surface area (Å²) < 4.78 is 10.4. The van der Waals surface area contributed by atoms with E-state index in [1.807, 2.05) is 0 Å². The number of amides is 3. The topological polar surface area (TPSA) is 105 Å². The number of ether oxygens (including phenoxy) is 2. The number of hydrogen-bond donors (Lipinski definition) is 1. The summed E-state index contributed by atoms with van der Waals surface area (Å²) in [6.45, 7) is 4.56. The fourth-order valence-electron chi connectivity index (χ4n) is 3.59. The molecule has 9 heteroatoms. The van der Waals surface area contributed by atoms with Gasteiger partial charge >= 0.3 is 6.09 Å². The molecule has 0 spiro atoms. The van der Waals surface area contributed by atoms with Crippen molar-refractivity contribution in [2.24, 2.45) is 0 Å². The fraction of sp³-hybridized carbons (Fsp3) is 0.524. The monoisotopic (exact) mass is 417 g/mol. The molecule has 1 saturated heterocycles. The number of piperidine rings is 1. The molecule has 2 aliphatic rings. The molecule has 2 aliphatic heterocycles. The zero-order valence-electron chi connectivity index (χ0n) is 17.3. The largest absolute Gasteiger partial charge is 0.482 e. The van der Waals surface area contributed by atoms with E-state index in [1.54, 1.807) is 36.9 Å². The van der Waals surface area contributed by atoms with E-state index in [0.717, 1.165) is 0 Å². The predicted octanol–water partition coefficient (Wildman–Crippen LogP) is 1.74. The fourth-order valence-corrected chi connectivity index (χ4v) is 3.59. The van der Waals surface area contributed by atoms with Gasteiger partial charge in [0.2, 0.25) is 5.91 Å². The minimum Gasteiger partial charge on any atom is -0.482 e. The highest BCUT2D eigenvalue weighted by molar-refractivity contribution is 6.04. The summed E-state index contributed by atoms with van der Waals surface area (Å²) in [6.07, 6.45) is 1.24. The third-order valence-corrected chi connectivity index (χ3v) is 5.23. The molecule has 1 N–H and O–H groups in total. The first-order valence-corrected chi connectivity index (χ1v) is 10.2. The van der Waals surface area contributed by atoms with Crippen LogP contribution in [0.4, 0.5) is 10.5 Å². The van der Waals surface area contributed by atoms with Gasteiger partial charge in [-0.1, -0.05) is 6.92 Å². The number of carbonyl (C=O) groups excluding carboxylic acids is 4. The number of rotatable bonds is 6. The molecule has 0 bridgehead atoms. The van der Waals surface area contributed by atoms with Crippen LogP contribution in [0.5, 0.6) is 5.75 Å². The van der Waals surface area contributed by atoms with Crippen LogP contribution < -0.4 is 15.0 Å². The normalized spacial score (nSPS) is 16.5. The van der Waals surface area contributed by atoms with Crippen molar-refractivity contribution in [2.45, 2.75) is 39.2 Å². The molecule has 0 saturated carbocycles. The number of nitrogens with one attached hydrogen (secondary N) is 1. The molecule has 0 unspecified atom stereocenters. The van der Waals surface area contributed by atoms with E-state index < -0.39 is 0 Å². The Kier molecular flexibility index (Phi) is 6.91. The van der Waals surface area contributed by atoms with E-state index in [9.17, 15) is 19.2 Å². The van der Waals surface area contributed by atoms with Gasteiger partial charge in [-0.25, -0.2) is 4.79 Å². The average Bonchev–Trinajstić information content (AvgIpc) is 2.75. The number of anilines is 1. The molecule has 2 heterocycles. The number of ketones is 1. The van der Waals surface area contributed by atoms with Gasteiger partial charge in [0, 0.05) is 31.1 Å². The number of fused-ring (bicyclic) bond motifs is 1. The Labute approximate surface area is 175 Å². The molecule has 0 aromatic heterocycles. The molecule has 9 nitrogen and oxygen atoms in total. The van der Waals surface area contributed by atoms with E-state index in [2.05, 4.69) is 5.32 Å². The van der Waals surface area contributed by atoms with Crippen molar-refractivity contribution in [3.05, 3.63) is 23.8 Å². The summed E-state index contributed by atoms with van der Waals surface area (Å²) in [4.78, 5) is 51.8. The molecular formula is C21H27N3O6. The van der Waals surface area contributed by atoms with Crippen molar-refractivity contribution in [3.8, 4) is 5.75 Å². The van der Waals surface area contributed by atoms with Crippen molar-refractivity contribution in [3.63, 3.8) is 0 Å². The molecule has 0 aliphatic carbocycles. The Morgan fingerprint density at radius 2 is 1.93 bits per heavy atom. The lowest BCUT2D eigenvalue weighted by atomic mass is 10.1. The smallest absolute Gasteiger partial charge is 0.409 e. The molecule has 1 aromatic carbocycles. The lowest BCUT2D eigenvalue weighted by Gasteiger charge is -2.33. The van der Waals surface area contributed by atoms with Gasteiger partial charge in [-0.05, 0) is 38.0 Å². The maximum absolute atomic E-state index is 12.6. The van der Waals surface area contributed by atoms with Crippen LogP contribution in [0.25, 0.3) is 0 Å². The first-order chi connectivity index (χ1) is 14.4. The van der Waals surface area contributed by atoms with Gasteiger partial charge in [-0.15, -0.1) is 0 Å². The third-order valence-electron chi connectivity index (χ3n) is 5.23. The second-order valence-electron chi connectivity index (χ2n) is 7.26. The van der Waals surface area contributed by atoms with E-state index in [-0.39, 0.29) is 42.9 Å². The first kappa shape index (κ1) is 21.6. The van der Waals surface area contributed by atoms with Gasteiger partial charge < -0.3 is 19.7 Å². The Balaban J connectivity index is 1.61. The number of carbonyl (C=O) groups is 4. The lowest BCUT2D eigenvalue weighted by molar-refractivity contribution is -0.125. The second-order valence-corrected chi connectivity index (χ2v) is 7.26. The number of nitrogens with zero attached hydrogens (tertiary/aromatic N) is 2. The quantitative estimate of drug-likeness (QED) is 0.707. The molecule has 162 valence electrons. The molecule has 1 fully saturated rings. The second kappa shape index (κ2) is 9.60. The maximum Gasteiger partial charge on any atom is 0.409 e. The van der Waals surface area contributed by atoms with Gasteiger partial charge in [0.25, 0.3) is 5.91 Å². The van der Waals surface area contributed by atoms with Gasteiger partial charge in [-0.3, -0.25) is 19.3 Å². The molecule has 0 atom stereocenters. The summed E-state index contributed by atoms with van der Waals surface area (Å²) in [6, 6.07) is 4.84. The van der Waals surface area contributed by atoms with Crippen molar-refractivity contribution in [1.82, 2.24) is 10.2 Å². The zero-order valence-corrected chi connectivity index (χ0v) is 17.3. The van der Waals surface area contributed by atoms with Crippen LogP contribution in [0.2, 0.25) is 0 Å². The Hall–Kier alpha value is -3.10. The molecule has 1 aromatic rings. The van der Waals surface area contributed by atoms with Gasteiger partial charge in [0.05, 0.1) is 12.3 Å². The Morgan fingerprint density at radius 3 is 2.60 bits per heavy atom. The van der Waals surface area contributed by atoms with E-state index in [1.165, 1.54) is 4.90 Å². The van der Waals surface area contributed by atoms with E-state index in [0.29, 0.717) is 56.0 Å². The van der Waals surface area contributed by atoms with Gasteiger partial charge in [-0.2, -0.15) is 0 Å². The van der Waals surface area contributed by atoms with E-state index in [4.69, 9.17) is 9.47 Å². The highest BCUT2D eigenvalue weighted by Crippen LogP contribution is 2.33. The van der Waals surface area contributed by atoms with Crippen molar-refractivity contribution in [1.29, 1.82) is 0 Å². The Bertz CT molecular complexity index is 832. The van der Waals surface area contributed by atoms with Crippen molar-refractivity contribution >= 4 is 29.4 Å². The minimum atomic E-state index is -0.338. The zero-order chi connectivity index (χ0) is 21.7. The summed E-state index contributed by atoms with van der Waals surface area (Å²) in [5.41, 5.74) is 0.907. The third kappa shape index (κ3) is 4.90. The highest BCUT2D eigenvalue weighted by Gasteiger charge is 2.30. The summed E-state index contributed by atoms with van der Waals surface area (Å²) in [7, 11) is 0. The summed E-state index contributed by atoms with van der Waals surface area (Å²) >= 11 is 0. The van der Waals surface area contributed by atoms with Crippen LogP contribution in [-0.2, 0) is 14.3 Å². The summed E-state index contributed by atoms with van der Waals surface area (Å²) in [5, 5.41) is 2.94. The first-order valence-electron chi connectivity index (χ1n) is 10.2. The maximum atomic E-state index is 12.6. The van der Waals surface area contributed by atoms with Crippen LogP contribution in [0.15, 0.2) is 18.2 Å². The average molecular weight is 417 g/mol. The van der Waals surface area contributed by atoms with Crippen LogP contribution in [0.3, 0.4) is 0 Å². The number of hydrogen-bond acceptors (Lipinski definition) is 6. The molecule has 3 rings (SSSR count). The van der Waals surface area contributed by atoms with Crippen LogP contribution in [0, 0.1) is 0 Å². The van der Waals surface area contributed by atoms with Crippen LogP contribution in [-0.4, -0.2) is 67.5 Å². The molecular weight excluding hydrogens is 390 g/mol. The van der Waals surface area contributed by atoms with Crippen LogP contribution in [0.1, 0.15) is 43.5 Å². The van der Waals surface area contributed by atoms with Gasteiger partial charge in [0.1, 0.15) is 12.3 Å². The highest BCUT2D eigenvalue weighted by atomic mass is 16.6. The van der Waals surface area contributed by atoms with Crippen molar-refractivity contribution < 1.29 is 28.7 Å². The van der Waals surface area contributed by atoms with E-state index >= 15 is 0 Å². The predicted molar refractivity (Wildman–Crippen MR) is 109 cm³/mol. The number of benzene rings is 1. The molecule has 30 heavy (non-hydrogen) atoms. The SMILES string of the molecule is CCOC(=O)N1CCC(NC(=O)CN2C(=O)COc3ccc(C(=O)CC)cc32)CC1. The molecule has 3 amide bonds. The number of Topliss-reactive ketones (excluding diaryl/α,β-unsaturated/α-hetero) is 1. The van der Waals surface area contributed by atoms with Crippen LogP contribution >= 0.6 is 0 Å². The van der Waals surface area contributed by atoms with Crippen molar-refractivity contribution in [2.75, 3.05) is 37.7 Å². The lowest BCUT2D eigenvalue weighted by Crippen LogP contribution is -2.50.